The van der Waals surface area contributed by atoms with Gasteiger partial charge in [0.2, 0.25) is 0 Å². The third-order valence-corrected chi connectivity index (χ3v) is 3.32. The van der Waals surface area contributed by atoms with E-state index in [1.165, 1.54) is 0 Å². The number of hydrogen-bond donors (Lipinski definition) is 1. The predicted molar refractivity (Wildman–Crippen MR) is 58.0 cm³/mol. The lowest BCUT2D eigenvalue weighted by Crippen LogP contribution is -2.58. The van der Waals surface area contributed by atoms with Gasteiger partial charge in [-0.25, -0.2) is 0 Å². The van der Waals surface area contributed by atoms with Gasteiger partial charge in [0.05, 0.1) is 11.1 Å². The van der Waals surface area contributed by atoms with Crippen LogP contribution in [0.2, 0.25) is 0 Å². The molecule has 0 aromatic rings. The lowest BCUT2D eigenvalue weighted by atomic mass is 9.74. The van der Waals surface area contributed by atoms with Crippen molar-refractivity contribution in [3.05, 3.63) is 0 Å². The molecule has 0 aromatic heterocycles. The molecule has 1 heterocycles. The Balaban J connectivity index is 2.75. The molecule has 0 unspecified atom stereocenters. The van der Waals surface area contributed by atoms with Gasteiger partial charge in [-0.3, -0.25) is 0 Å². The lowest BCUT2D eigenvalue weighted by molar-refractivity contribution is -0.251. The van der Waals surface area contributed by atoms with Crippen LogP contribution in [0.15, 0.2) is 0 Å². The largest absolute Gasteiger partial charge is 0.396 e. The molecule has 1 rings (SSSR count). The number of aliphatic hydroxyl groups is 1. The zero-order valence-corrected chi connectivity index (χ0v) is 9.80. The molecule has 0 saturated carbocycles. The molecule has 1 aliphatic heterocycles. The molecule has 1 saturated heterocycles. The fraction of sp³-hybridized carbons (Fsp3) is 1.00. The summed E-state index contributed by atoms with van der Waals surface area (Å²) in [5, 5.41) is 18.8. The van der Waals surface area contributed by atoms with E-state index in [0.29, 0.717) is 5.92 Å². The Morgan fingerprint density at radius 3 is 2.00 bits per heavy atom. The third-order valence-electron chi connectivity index (χ3n) is 3.32. The van der Waals surface area contributed by atoms with Gasteiger partial charge in [0, 0.05) is 6.61 Å². The number of nitrogens with zero attached hydrogens (tertiary/aromatic N) is 1. The molecule has 3 N–H and O–H groups in total. The highest BCUT2D eigenvalue weighted by Crippen LogP contribution is 2.40. The predicted octanol–water partition coefficient (Wildman–Crippen LogP) is 1.28. The molecular formula is C11H24NO2+. The van der Waals surface area contributed by atoms with Crippen molar-refractivity contribution < 1.29 is 10.3 Å². The Morgan fingerprint density at radius 1 is 1.21 bits per heavy atom. The maximum atomic E-state index is 8.96. The molecule has 0 aliphatic carbocycles. The summed E-state index contributed by atoms with van der Waals surface area (Å²) in [7, 11) is 0. The quantitative estimate of drug-likeness (QED) is 0.686. The molecule has 0 bridgehead atoms. The molecule has 0 aromatic carbocycles. The van der Waals surface area contributed by atoms with Gasteiger partial charge in [-0.15, -0.1) is 0 Å². The summed E-state index contributed by atoms with van der Waals surface area (Å²) in [4.78, 5) is 0. The van der Waals surface area contributed by atoms with Gasteiger partial charge in [-0.2, -0.15) is 0 Å². The van der Waals surface area contributed by atoms with Gasteiger partial charge >= 0.3 is 0 Å². The van der Waals surface area contributed by atoms with Crippen molar-refractivity contribution in [3.8, 4) is 0 Å². The molecule has 0 atom stereocenters. The Hall–Kier alpha value is -0.120. The SMILES string of the molecule is CC1(C)CC(CCO)CC(C)(C)N1[OH2+]. The first kappa shape index (κ1) is 12.0. The zero-order chi connectivity index (χ0) is 11.0. The molecule has 14 heavy (non-hydrogen) atoms. The Morgan fingerprint density at radius 2 is 1.64 bits per heavy atom. The Kier molecular flexibility index (Phi) is 3.24. The first-order valence-corrected chi connectivity index (χ1v) is 5.42. The van der Waals surface area contributed by atoms with E-state index in [4.69, 9.17) is 10.3 Å². The first-order chi connectivity index (χ1) is 6.29. The molecule has 84 valence electrons. The van der Waals surface area contributed by atoms with Crippen LogP contribution in [0.5, 0.6) is 0 Å². The number of aliphatic hydroxyl groups excluding tert-OH is 1. The van der Waals surface area contributed by atoms with Crippen molar-refractivity contribution in [2.45, 2.75) is 58.0 Å². The summed E-state index contributed by atoms with van der Waals surface area (Å²) >= 11 is 0. The van der Waals surface area contributed by atoms with Crippen molar-refractivity contribution in [1.29, 1.82) is 0 Å². The third kappa shape index (κ3) is 2.27. The van der Waals surface area contributed by atoms with Crippen LogP contribution in [0, 0.1) is 5.92 Å². The summed E-state index contributed by atoms with van der Waals surface area (Å²) in [5.74, 6) is 0.562. The highest BCUT2D eigenvalue weighted by Gasteiger charge is 2.48. The van der Waals surface area contributed by atoms with Crippen LogP contribution < -0.4 is 0 Å². The number of hydroxylamine groups is 2. The molecule has 0 radical (unpaired) electrons. The van der Waals surface area contributed by atoms with Crippen LogP contribution in [0.3, 0.4) is 0 Å². The lowest BCUT2D eigenvalue weighted by Gasteiger charge is -2.47. The van der Waals surface area contributed by atoms with E-state index < -0.39 is 0 Å². The average Bonchev–Trinajstić information content (AvgIpc) is 1.99. The summed E-state index contributed by atoms with van der Waals surface area (Å²) in [6, 6.07) is 0. The second kappa shape index (κ2) is 3.80. The zero-order valence-electron chi connectivity index (χ0n) is 9.80. The van der Waals surface area contributed by atoms with E-state index in [9.17, 15) is 0 Å². The van der Waals surface area contributed by atoms with E-state index in [0.717, 1.165) is 19.3 Å². The van der Waals surface area contributed by atoms with E-state index in [-0.39, 0.29) is 17.7 Å². The van der Waals surface area contributed by atoms with Crippen molar-refractivity contribution in [1.82, 2.24) is 5.06 Å². The summed E-state index contributed by atoms with van der Waals surface area (Å²) in [5.41, 5.74) is -0.136. The topological polar surface area (TPSA) is 46.4 Å². The van der Waals surface area contributed by atoms with Crippen LogP contribution in [0.25, 0.3) is 0 Å². The maximum absolute atomic E-state index is 8.96. The van der Waals surface area contributed by atoms with E-state index >= 15 is 0 Å². The molecule has 1 fully saturated rings. The first-order valence-electron chi connectivity index (χ1n) is 5.42. The maximum Gasteiger partial charge on any atom is 0.0837 e. The second-order valence-corrected chi connectivity index (χ2v) is 5.75. The summed E-state index contributed by atoms with van der Waals surface area (Å²) < 4.78 is 0. The van der Waals surface area contributed by atoms with Gasteiger partial charge in [0.15, 0.2) is 0 Å². The Labute approximate surface area is 86.7 Å². The average molecular weight is 202 g/mol. The highest BCUT2D eigenvalue weighted by molar-refractivity contribution is 4.95. The van der Waals surface area contributed by atoms with Gasteiger partial charge in [0.25, 0.3) is 0 Å². The number of hydrogen-bond acceptors (Lipinski definition) is 2. The number of piperidine rings is 1. The highest BCUT2D eigenvalue weighted by atomic mass is 16.5. The van der Waals surface area contributed by atoms with Crippen LogP contribution in [-0.2, 0) is 0 Å². The van der Waals surface area contributed by atoms with Crippen molar-refractivity contribution in [3.63, 3.8) is 0 Å². The monoisotopic (exact) mass is 202 g/mol. The normalized spacial score (nSPS) is 27.9. The Bertz CT molecular complexity index is 183. The van der Waals surface area contributed by atoms with E-state index in [1.54, 1.807) is 5.06 Å². The van der Waals surface area contributed by atoms with Crippen molar-refractivity contribution in [2.75, 3.05) is 6.61 Å². The number of rotatable bonds is 2. The molecular weight excluding hydrogens is 178 g/mol. The van der Waals surface area contributed by atoms with Gasteiger partial charge < -0.3 is 10.3 Å². The summed E-state index contributed by atoms with van der Waals surface area (Å²) in [6.45, 7) is 8.74. The van der Waals surface area contributed by atoms with Gasteiger partial charge in [0.1, 0.15) is 0 Å². The standard InChI is InChI=1S/C11H23NO2/c1-10(2)7-9(5-6-13)8-11(3,4)12(10)14/h9,13-14H,5-8H2,1-4H3/p+1. The molecule has 0 spiro atoms. The fourth-order valence-corrected chi connectivity index (χ4v) is 2.87. The molecule has 3 heteroatoms. The fourth-order valence-electron chi connectivity index (χ4n) is 2.87. The van der Waals surface area contributed by atoms with E-state index in [1.807, 2.05) is 0 Å². The minimum absolute atomic E-state index is 0.0679. The minimum atomic E-state index is -0.0679. The smallest absolute Gasteiger partial charge is 0.0837 e. The van der Waals surface area contributed by atoms with Crippen LogP contribution in [-0.4, -0.2) is 33.1 Å². The molecule has 0 amide bonds. The van der Waals surface area contributed by atoms with Crippen molar-refractivity contribution in [2.24, 2.45) is 5.92 Å². The van der Waals surface area contributed by atoms with Crippen LogP contribution in [0.1, 0.15) is 47.0 Å². The molecule has 1 aliphatic rings. The van der Waals surface area contributed by atoms with Crippen LogP contribution >= 0.6 is 0 Å². The second-order valence-electron chi connectivity index (χ2n) is 5.75. The molecule has 3 nitrogen and oxygen atoms in total. The van der Waals surface area contributed by atoms with Gasteiger partial charge in [-0.1, -0.05) is 5.06 Å². The van der Waals surface area contributed by atoms with E-state index in [2.05, 4.69) is 27.7 Å². The minimum Gasteiger partial charge on any atom is -0.396 e. The van der Waals surface area contributed by atoms with Gasteiger partial charge in [-0.05, 0) is 52.9 Å². The van der Waals surface area contributed by atoms with Crippen molar-refractivity contribution >= 4 is 0 Å². The van der Waals surface area contributed by atoms with Crippen LogP contribution in [0.4, 0.5) is 0 Å². The summed E-state index contributed by atoms with van der Waals surface area (Å²) in [6.07, 6.45) is 2.90.